The number of nitrogens with two attached hydrogens (primary N) is 1. The van der Waals surface area contributed by atoms with Crippen molar-refractivity contribution < 1.29 is 9.18 Å². The maximum absolute atomic E-state index is 13.3. The fraction of sp³-hybridized carbons (Fsp3) is 0. The molecule has 7 heteroatoms. The van der Waals surface area contributed by atoms with E-state index in [9.17, 15) is 9.18 Å². The molecule has 0 aromatic heterocycles. The van der Waals surface area contributed by atoms with E-state index < -0.39 is 11.7 Å². The summed E-state index contributed by atoms with van der Waals surface area (Å²) in [5, 5.41) is 3.16. The van der Waals surface area contributed by atoms with Crippen LogP contribution in [0.1, 0.15) is 10.4 Å². The van der Waals surface area contributed by atoms with Crippen LogP contribution in [0.4, 0.5) is 15.8 Å². The number of nitrogen functional groups attached to an aromatic ring is 1. The van der Waals surface area contributed by atoms with Crippen LogP contribution in [-0.4, -0.2) is 5.91 Å². The molecule has 2 aromatic rings. The van der Waals surface area contributed by atoms with Gasteiger partial charge in [0.05, 0.1) is 27.0 Å². The molecule has 0 aliphatic heterocycles. The number of hydrogen-bond donors (Lipinski definition) is 2. The van der Waals surface area contributed by atoms with Crippen LogP contribution in [0.2, 0.25) is 15.1 Å². The Morgan fingerprint density at radius 2 is 1.75 bits per heavy atom. The Balaban J connectivity index is 2.36. The summed E-state index contributed by atoms with van der Waals surface area (Å²) in [5.41, 5.74) is 5.45. The molecule has 0 fully saturated rings. The molecule has 3 N–H and O–H groups in total. The van der Waals surface area contributed by atoms with Gasteiger partial charge in [-0.05, 0) is 24.3 Å². The maximum atomic E-state index is 13.3. The highest BCUT2D eigenvalue weighted by molar-refractivity contribution is 6.42. The fourth-order valence-electron chi connectivity index (χ4n) is 1.58. The first-order valence-corrected chi connectivity index (χ1v) is 6.53. The van der Waals surface area contributed by atoms with E-state index in [0.29, 0.717) is 5.02 Å². The molecule has 0 radical (unpaired) electrons. The van der Waals surface area contributed by atoms with Crippen molar-refractivity contribution in [2.24, 2.45) is 0 Å². The summed E-state index contributed by atoms with van der Waals surface area (Å²) < 4.78 is 13.3. The van der Waals surface area contributed by atoms with Gasteiger partial charge in [0.1, 0.15) is 5.82 Å². The second-order valence-corrected chi connectivity index (χ2v) is 5.15. The van der Waals surface area contributed by atoms with Crippen LogP contribution in [0.25, 0.3) is 0 Å². The smallest absolute Gasteiger partial charge is 0.257 e. The summed E-state index contributed by atoms with van der Waals surface area (Å²) >= 11 is 17.7. The van der Waals surface area contributed by atoms with Crippen LogP contribution in [-0.2, 0) is 0 Å². The van der Waals surface area contributed by atoms with E-state index in [-0.39, 0.29) is 27.0 Å². The summed E-state index contributed by atoms with van der Waals surface area (Å²) in [7, 11) is 0. The average Bonchev–Trinajstić information content (AvgIpc) is 2.36. The highest BCUT2D eigenvalue weighted by atomic mass is 35.5. The predicted molar refractivity (Wildman–Crippen MR) is 80.2 cm³/mol. The van der Waals surface area contributed by atoms with Crippen LogP contribution in [0, 0.1) is 5.82 Å². The lowest BCUT2D eigenvalue weighted by atomic mass is 10.1. The normalized spacial score (nSPS) is 10.4. The minimum atomic E-state index is -0.675. The standard InChI is InChI=1S/C13H8Cl3FN2O/c14-6-4-8(15)12(9(16)5-6)19-13(20)7-2-1-3-10(17)11(7)18/h1-5H,18H2,(H,19,20). The summed E-state index contributed by atoms with van der Waals surface area (Å²) in [5.74, 6) is -1.29. The molecule has 2 rings (SSSR count). The number of halogens is 4. The Kier molecular flexibility index (Phi) is 4.38. The largest absolute Gasteiger partial charge is 0.396 e. The molecule has 0 aliphatic carbocycles. The monoisotopic (exact) mass is 332 g/mol. The van der Waals surface area contributed by atoms with Crippen molar-refractivity contribution in [1.82, 2.24) is 0 Å². The van der Waals surface area contributed by atoms with Gasteiger partial charge in [0, 0.05) is 5.02 Å². The quantitative estimate of drug-likeness (QED) is 0.788. The number of rotatable bonds is 2. The SMILES string of the molecule is Nc1c(F)cccc1C(=O)Nc1c(Cl)cc(Cl)cc1Cl. The number of benzene rings is 2. The van der Waals surface area contributed by atoms with Crippen molar-refractivity contribution in [1.29, 1.82) is 0 Å². The van der Waals surface area contributed by atoms with Gasteiger partial charge >= 0.3 is 0 Å². The van der Waals surface area contributed by atoms with Gasteiger partial charge in [-0.3, -0.25) is 4.79 Å². The first-order chi connectivity index (χ1) is 9.40. The van der Waals surface area contributed by atoms with Crippen LogP contribution >= 0.6 is 34.8 Å². The van der Waals surface area contributed by atoms with Crippen molar-refractivity contribution in [2.45, 2.75) is 0 Å². The molecule has 20 heavy (non-hydrogen) atoms. The first-order valence-electron chi connectivity index (χ1n) is 5.40. The van der Waals surface area contributed by atoms with Gasteiger partial charge in [0.25, 0.3) is 5.91 Å². The number of nitrogens with one attached hydrogen (secondary N) is 1. The molecule has 0 heterocycles. The van der Waals surface area contributed by atoms with Crippen molar-refractivity contribution in [2.75, 3.05) is 11.1 Å². The molecule has 0 saturated carbocycles. The van der Waals surface area contributed by atoms with E-state index in [1.165, 1.54) is 24.3 Å². The third-order valence-electron chi connectivity index (χ3n) is 2.54. The Hall–Kier alpha value is -1.49. The van der Waals surface area contributed by atoms with Gasteiger partial charge in [-0.1, -0.05) is 40.9 Å². The summed E-state index contributed by atoms with van der Waals surface area (Å²) in [6.07, 6.45) is 0. The minimum absolute atomic E-state index is 0.00733. The van der Waals surface area contributed by atoms with E-state index in [0.717, 1.165) is 6.07 Å². The topological polar surface area (TPSA) is 55.1 Å². The second kappa shape index (κ2) is 5.87. The molecule has 0 atom stereocenters. The number of hydrogen-bond acceptors (Lipinski definition) is 2. The van der Waals surface area contributed by atoms with Gasteiger partial charge in [-0.25, -0.2) is 4.39 Å². The van der Waals surface area contributed by atoms with Gasteiger partial charge in [0.15, 0.2) is 0 Å². The van der Waals surface area contributed by atoms with Crippen LogP contribution in [0.5, 0.6) is 0 Å². The maximum Gasteiger partial charge on any atom is 0.257 e. The molecule has 0 unspecified atom stereocenters. The molecular weight excluding hydrogens is 326 g/mol. The number of anilines is 2. The lowest BCUT2D eigenvalue weighted by molar-refractivity contribution is 0.102. The molecule has 0 saturated heterocycles. The predicted octanol–water partition coefficient (Wildman–Crippen LogP) is 4.62. The van der Waals surface area contributed by atoms with Crippen molar-refractivity contribution in [3.05, 3.63) is 56.8 Å². The molecule has 0 spiro atoms. The van der Waals surface area contributed by atoms with Gasteiger partial charge < -0.3 is 11.1 Å². The zero-order valence-electron chi connectivity index (χ0n) is 9.88. The van der Waals surface area contributed by atoms with E-state index >= 15 is 0 Å². The molecule has 104 valence electrons. The molecule has 0 bridgehead atoms. The Labute approximate surface area is 129 Å². The molecule has 0 aliphatic rings. The van der Waals surface area contributed by atoms with E-state index in [1.807, 2.05) is 0 Å². The van der Waals surface area contributed by atoms with E-state index in [4.69, 9.17) is 40.5 Å². The zero-order valence-corrected chi connectivity index (χ0v) is 12.2. The fourth-order valence-corrected chi connectivity index (χ4v) is 2.49. The number of para-hydroxylation sites is 1. The van der Waals surface area contributed by atoms with E-state index in [1.54, 1.807) is 0 Å². The van der Waals surface area contributed by atoms with Crippen molar-refractivity contribution in [3.8, 4) is 0 Å². The zero-order chi connectivity index (χ0) is 14.9. The Morgan fingerprint density at radius 1 is 1.15 bits per heavy atom. The number of amides is 1. The third kappa shape index (κ3) is 2.98. The van der Waals surface area contributed by atoms with Crippen LogP contribution in [0.3, 0.4) is 0 Å². The summed E-state index contributed by atoms with van der Waals surface area (Å²) in [4.78, 5) is 12.1. The minimum Gasteiger partial charge on any atom is -0.396 e. The lowest BCUT2D eigenvalue weighted by Gasteiger charge is -2.11. The third-order valence-corrected chi connectivity index (χ3v) is 3.36. The molecule has 2 aromatic carbocycles. The Morgan fingerprint density at radius 3 is 2.35 bits per heavy atom. The van der Waals surface area contributed by atoms with Crippen molar-refractivity contribution >= 4 is 52.1 Å². The number of carbonyl (C=O) groups is 1. The Bertz CT molecular complexity index is 668. The van der Waals surface area contributed by atoms with Gasteiger partial charge in [-0.2, -0.15) is 0 Å². The van der Waals surface area contributed by atoms with E-state index in [2.05, 4.69) is 5.32 Å². The van der Waals surface area contributed by atoms with Gasteiger partial charge in [-0.15, -0.1) is 0 Å². The molecule has 3 nitrogen and oxygen atoms in total. The molecular formula is C13H8Cl3FN2O. The summed E-state index contributed by atoms with van der Waals surface area (Å²) in [6.45, 7) is 0. The second-order valence-electron chi connectivity index (χ2n) is 3.90. The molecule has 1 amide bonds. The van der Waals surface area contributed by atoms with Crippen LogP contribution < -0.4 is 11.1 Å². The highest BCUT2D eigenvalue weighted by Gasteiger charge is 2.16. The number of carbonyl (C=O) groups excluding carboxylic acids is 1. The van der Waals surface area contributed by atoms with Crippen molar-refractivity contribution in [3.63, 3.8) is 0 Å². The lowest BCUT2D eigenvalue weighted by Crippen LogP contribution is -2.15. The average molecular weight is 334 g/mol. The summed E-state index contributed by atoms with van der Waals surface area (Å²) in [6, 6.07) is 6.80. The van der Waals surface area contributed by atoms with Crippen LogP contribution in [0.15, 0.2) is 30.3 Å². The highest BCUT2D eigenvalue weighted by Crippen LogP contribution is 2.34. The first kappa shape index (κ1) is 14.9. The van der Waals surface area contributed by atoms with Gasteiger partial charge in [0.2, 0.25) is 0 Å².